The number of rotatable bonds is 4. The van der Waals surface area contributed by atoms with Crippen LogP contribution in [0.1, 0.15) is 17.2 Å². The van der Waals surface area contributed by atoms with Crippen molar-refractivity contribution in [2.24, 2.45) is 0 Å². The van der Waals surface area contributed by atoms with E-state index in [2.05, 4.69) is 5.32 Å². The van der Waals surface area contributed by atoms with Crippen molar-refractivity contribution in [1.29, 1.82) is 0 Å². The fraction of sp³-hybridized carbons (Fsp3) is 0.294. The highest BCUT2D eigenvalue weighted by Crippen LogP contribution is 2.33. The van der Waals surface area contributed by atoms with Gasteiger partial charge in [0, 0.05) is 25.7 Å². The minimum absolute atomic E-state index is 0.133. The van der Waals surface area contributed by atoms with Crippen molar-refractivity contribution in [2.75, 3.05) is 19.6 Å². The Morgan fingerprint density at radius 2 is 2.04 bits per heavy atom. The molecule has 0 bridgehead atoms. The third kappa shape index (κ3) is 3.46. The van der Waals surface area contributed by atoms with Gasteiger partial charge in [-0.2, -0.15) is 4.31 Å². The Morgan fingerprint density at radius 3 is 2.73 bits per heavy atom. The summed E-state index contributed by atoms with van der Waals surface area (Å²) in [5.74, 6) is -0.466. The van der Waals surface area contributed by atoms with E-state index in [0.717, 1.165) is 0 Å². The molecular formula is C17H18FN3O4S. The van der Waals surface area contributed by atoms with Crippen LogP contribution in [0.25, 0.3) is 0 Å². The molecule has 2 aromatic carbocycles. The van der Waals surface area contributed by atoms with Gasteiger partial charge in [-0.3, -0.25) is 10.1 Å². The van der Waals surface area contributed by atoms with E-state index in [0.29, 0.717) is 24.2 Å². The summed E-state index contributed by atoms with van der Waals surface area (Å²) in [7, 11) is -4.14. The third-order valence-electron chi connectivity index (χ3n) is 4.33. The van der Waals surface area contributed by atoms with Gasteiger partial charge in [0.15, 0.2) is 4.90 Å². The Kier molecular flexibility index (Phi) is 5.03. The molecule has 138 valence electrons. The Morgan fingerprint density at radius 1 is 1.27 bits per heavy atom. The van der Waals surface area contributed by atoms with E-state index in [1.54, 1.807) is 13.0 Å². The smallest absolute Gasteiger partial charge is 0.289 e. The molecule has 1 aliphatic heterocycles. The van der Waals surface area contributed by atoms with Crippen LogP contribution in [0.15, 0.2) is 47.4 Å². The van der Waals surface area contributed by atoms with Gasteiger partial charge in [-0.05, 0) is 36.2 Å². The summed E-state index contributed by atoms with van der Waals surface area (Å²) in [5, 5.41) is 14.5. The quantitative estimate of drug-likeness (QED) is 0.650. The van der Waals surface area contributed by atoms with Crippen molar-refractivity contribution in [3.8, 4) is 0 Å². The number of benzene rings is 2. The van der Waals surface area contributed by atoms with Gasteiger partial charge >= 0.3 is 0 Å². The van der Waals surface area contributed by atoms with Crippen LogP contribution in [0, 0.1) is 22.9 Å². The highest BCUT2D eigenvalue weighted by Gasteiger charge is 2.38. The maximum atomic E-state index is 13.6. The molecule has 7 nitrogen and oxygen atoms in total. The van der Waals surface area contributed by atoms with Crippen molar-refractivity contribution in [3.05, 3.63) is 69.5 Å². The van der Waals surface area contributed by atoms with Crippen LogP contribution in [0.4, 0.5) is 10.1 Å². The number of halogens is 1. The number of aryl methyl sites for hydroxylation is 1. The van der Waals surface area contributed by atoms with E-state index < -0.39 is 32.5 Å². The number of sulfonamides is 1. The molecule has 1 atom stereocenters. The number of piperazine rings is 1. The number of hydrogen-bond acceptors (Lipinski definition) is 5. The van der Waals surface area contributed by atoms with Crippen LogP contribution in [0.5, 0.6) is 0 Å². The predicted octanol–water partition coefficient (Wildman–Crippen LogP) is 2.38. The van der Waals surface area contributed by atoms with E-state index in [-0.39, 0.29) is 11.4 Å². The fourth-order valence-electron chi connectivity index (χ4n) is 3.09. The van der Waals surface area contributed by atoms with Crippen LogP contribution in [-0.2, 0) is 10.0 Å². The topological polar surface area (TPSA) is 92.6 Å². The predicted molar refractivity (Wildman–Crippen MR) is 93.7 cm³/mol. The number of nitrogens with zero attached hydrogens (tertiary/aromatic N) is 2. The van der Waals surface area contributed by atoms with Crippen molar-refractivity contribution in [2.45, 2.75) is 17.9 Å². The molecule has 2 aromatic rings. The minimum Gasteiger partial charge on any atom is -0.313 e. The zero-order valence-electron chi connectivity index (χ0n) is 14.1. The standard InChI is InChI=1S/C17H18FN3O4S/c1-12-5-6-17(15(9-12)21(22)23)26(24,25)20-8-7-19-11-16(20)13-3-2-4-14(18)10-13/h2-6,9-10,16,19H,7-8,11H2,1H3. The molecule has 0 saturated carbocycles. The van der Waals surface area contributed by atoms with Gasteiger partial charge in [-0.15, -0.1) is 0 Å². The summed E-state index contributed by atoms with van der Waals surface area (Å²) < 4.78 is 41.2. The largest absolute Gasteiger partial charge is 0.313 e. The van der Waals surface area contributed by atoms with Crippen molar-refractivity contribution < 1.29 is 17.7 Å². The molecular weight excluding hydrogens is 361 g/mol. The summed E-state index contributed by atoms with van der Waals surface area (Å²) in [5.41, 5.74) is 0.634. The van der Waals surface area contributed by atoms with Crippen LogP contribution >= 0.6 is 0 Å². The number of nitrogens with one attached hydrogen (secondary N) is 1. The van der Waals surface area contributed by atoms with Gasteiger partial charge in [-0.25, -0.2) is 12.8 Å². The summed E-state index contributed by atoms with van der Waals surface area (Å²) in [6.07, 6.45) is 0. The van der Waals surface area contributed by atoms with E-state index >= 15 is 0 Å². The molecule has 1 heterocycles. The normalized spacial score (nSPS) is 18.6. The zero-order valence-corrected chi connectivity index (χ0v) is 14.9. The summed E-state index contributed by atoms with van der Waals surface area (Å²) >= 11 is 0. The molecule has 1 unspecified atom stereocenters. The monoisotopic (exact) mass is 379 g/mol. The molecule has 9 heteroatoms. The van der Waals surface area contributed by atoms with E-state index in [9.17, 15) is 22.9 Å². The van der Waals surface area contributed by atoms with E-state index in [1.165, 1.54) is 40.7 Å². The lowest BCUT2D eigenvalue weighted by atomic mass is 10.1. The average molecular weight is 379 g/mol. The van der Waals surface area contributed by atoms with Gasteiger partial charge in [0.05, 0.1) is 11.0 Å². The second kappa shape index (κ2) is 7.10. The lowest BCUT2D eigenvalue weighted by Crippen LogP contribution is -2.48. The fourth-order valence-corrected chi connectivity index (χ4v) is 4.84. The highest BCUT2D eigenvalue weighted by atomic mass is 32.2. The average Bonchev–Trinajstić information content (AvgIpc) is 2.61. The van der Waals surface area contributed by atoms with Crippen molar-refractivity contribution >= 4 is 15.7 Å². The zero-order chi connectivity index (χ0) is 18.9. The molecule has 0 aliphatic carbocycles. The van der Waals surface area contributed by atoms with Gasteiger partial charge in [-0.1, -0.05) is 18.2 Å². The first-order valence-corrected chi connectivity index (χ1v) is 9.48. The second-order valence-corrected chi connectivity index (χ2v) is 7.98. The van der Waals surface area contributed by atoms with E-state index in [4.69, 9.17) is 0 Å². The van der Waals surface area contributed by atoms with Gasteiger partial charge in [0.25, 0.3) is 15.7 Å². The van der Waals surface area contributed by atoms with E-state index in [1.807, 2.05) is 0 Å². The molecule has 0 spiro atoms. The summed E-state index contributed by atoms with van der Waals surface area (Å²) in [4.78, 5) is 10.3. The summed E-state index contributed by atoms with van der Waals surface area (Å²) in [6.45, 7) is 2.49. The lowest BCUT2D eigenvalue weighted by molar-refractivity contribution is -0.387. The van der Waals surface area contributed by atoms with Crippen LogP contribution in [0.2, 0.25) is 0 Å². The molecule has 0 radical (unpaired) electrons. The van der Waals surface area contributed by atoms with Gasteiger partial charge in [0.1, 0.15) is 5.82 Å². The molecule has 0 aromatic heterocycles. The third-order valence-corrected chi connectivity index (χ3v) is 6.28. The number of nitro groups is 1. The van der Waals surface area contributed by atoms with Crippen LogP contribution < -0.4 is 5.32 Å². The molecule has 0 amide bonds. The highest BCUT2D eigenvalue weighted by molar-refractivity contribution is 7.89. The SMILES string of the molecule is Cc1ccc(S(=O)(=O)N2CCNCC2c2cccc(F)c2)c([N+](=O)[O-])c1. The molecule has 1 N–H and O–H groups in total. The Hall–Kier alpha value is -2.36. The Balaban J connectivity index is 2.09. The maximum Gasteiger partial charge on any atom is 0.289 e. The molecule has 1 fully saturated rings. The second-order valence-electron chi connectivity index (χ2n) is 6.12. The van der Waals surface area contributed by atoms with Gasteiger partial charge in [0.2, 0.25) is 0 Å². The Bertz CT molecular complexity index is 949. The first-order valence-electron chi connectivity index (χ1n) is 8.04. The number of hydrogen-bond donors (Lipinski definition) is 1. The number of nitro benzene ring substituents is 1. The molecule has 1 aliphatic rings. The molecule has 1 saturated heterocycles. The van der Waals surface area contributed by atoms with Crippen molar-refractivity contribution in [1.82, 2.24) is 9.62 Å². The Labute approximate surface area is 150 Å². The lowest BCUT2D eigenvalue weighted by Gasteiger charge is -2.35. The first-order chi connectivity index (χ1) is 12.3. The van der Waals surface area contributed by atoms with Crippen LogP contribution in [0.3, 0.4) is 0 Å². The van der Waals surface area contributed by atoms with Gasteiger partial charge < -0.3 is 5.32 Å². The minimum atomic E-state index is -4.14. The summed E-state index contributed by atoms with van der Waals surface area (Å²) in [6, 6.07) is 9.10. The molecule has 3 rings (SSSR count). The van der Waals surface area contributed by atoms with Crippen molar-refractivity contribution in [3.63, 3.8) is 0 Å². The first kappa shape index (κ1) is 18.4. The maximum absolute atomic E-state index is 13.6. The molecule has 26 heavy (non-hydrogen) atoms. The van der Waals surface area contributed by atoms with Crippen LogP contribution in [-0.4, -0.2) is 37.3 Å².